The van der Waals surface area contributed by atoms with Crippen LogP contribution in [0.5, 0.6) is 0 Å². The summed E-state index contributed by atoms with van der Waals surface area (Å²) in [5.41, 5.74) is 1.86. The van der Waals surface area contributed by atoms with Crippen LogP contribution >= 0.6 is 0 Å². The van der Waals surface area contributed by atoms with Gasteiger partial charge in [-0.2, -0.15) is 0 Å². The number of nitrogens with one attached hydrogen (secondary N) is 1. The molecule has 2 aliphatic carbocycles. The monoisotopic (exact) mass is 470 g/mol. The molecule has 34 heavy (non-hydrogen) atoms. The number of nitrogens with zero attached hydrogens (tertiary/aromatic N) is 1. The number of aromatic nitrogens is 1. The molecule has 1 unspecified atom stereocenters. The van der Waals surface area contributed by atoms with Crippen LogP contribution in [-0.4, -0.2) is 42.6 Å². The minimum atomic E-state index is -0.287. The van der Waals surface area contributed by atoms with Gasteiger partial charge in [-0.05, 0) is 48.6 Å². The van der Waals surface area contributed by atoms with Gasteiger partial charge < -0.3 is 19.4 Å². The van der Waals surface area contributed by atoms with Gasteiger partial charge in [-0.25, -0.2) is 0 Å². The lowest BCUT2D eigenvalue weighted by Crippen LogP contribution is -2.46. The SMILES string of the molecule is CCCCCCOC1=C(OC)CC(C)c2cc(C(=O)N3CC[C@H]4CCCC[C@@H]4C3)c(=O)[nH]c2C1. The number of aromatic amines is 1. The predicted molar refractivity (Wildman–Crippen MR) is 134 cm³/mol. The molecule has 0 bridgehead atoms. The quantitative estimate of drug-likeness (QED) is 0.507. The topological polar surface area (TPSA) is 71.6 Å². The van der Waals surface area contributed by atoms with Gasteiger partial charge in [-0.15, -0.1) is 0 Å². The fourth-order valence-electron chi connectivity index (χ4n) is 6.10. The van der Waals surface area contributed by atoms with E-state index in [2.05, 4.69) is 18.8 Å². The number of likely N-dealkylation sites (tertiary alicyclic amines) is 1. The zero-order valence-corrected chi connectivity index (χ0v) is 21.3. The second-order valence-corrected chi connectivity index (χ2v) is 10.5. The van der Waals surface area contributed by atoms with Crippen molar-refractivity contribution in [2.75, 3.05) is 26.8 Å². The van der Waals surface area contributed by atoms with Crippen molar-refractivity contribution >= 4 is 5.91 Å². The van der Waals surface area contributed by atoms with Crippen LogP contribution in [0.3, 0.4) is 0 Å². The Hall–Kier alpha value is -2.24. The number of carbonyl (C=O) groups is 1. The summed E-state index contributed by atoms with van der Waals surface area (Å²) in [5, 5.41) is 0. The first-order valence-electron chi connectivity index (χ1n) is 13.5. The van der Waals surface area contributed by atoms with Crippen LogP contribution in [0.2, 0.25) is 0 Å². The molecule has 2 heterocycles. The smallest absolute Gasteiger partial charge is 0.261 e. The van der Waals surface area contributed by atoms with E-state index in [1.807, 2.05) is 11.0 Å². The number of fused-ring (bicyclic) bond motifs is 2. The van der Waals surface area contributed by atoms with Gasteiger partial charge in [-0.1, -0.05) is 52.4 Å². The first-order valence-corrected chi connectivity index (χ1v) is 13.5. The molecular weight excluding hydrogens is 428 g/mol. The second-order valence-electron chi connectivity index (χ2n) is 10.5. The Labute approximate surface area is 204 Å². The number of piperidine rings is 1. The van der Waals surface area contributed by atoms with E-state index in [-0.39, 0.29) is 22.9 Å². The molecule has 0 radical (unpaired) electrons. The number of carbonyl (C=O) groups excluding carboxylic acids is 1. The van der Waals surface area contributed by atoms with Crippen molar-refractivity contribution in [1.82, 2.24) is 9.88 Å². The molecule has 6 heteroatoms. The highest BCUT2D eigenvalue weighted by atomic mass is 16.5. The summed E-state index contributed by atoms with van der Waals surface area (Å²) < 4.78 is 11.8. The lowest BCUT2D eigenvalue weighted by Gasteiger charge is -2.41. The van der Waals surface area contributed by atoms with Gasteiger partial charge in [-0.3, -0.25) is 9.59 Å². The zero-order valence-electron chi connectivity index (χ0n) is 21.3. The predicted octanol–water partition coefficient (Wildman–Crippen LogP) is 5.53. The number of pyridine rings is 1. The van der Waals surface area contributed by atoms with Gasteiger partial charge >= 0.3 is 0 Å². The number of hydrogen-bond acceptors (Lipinski definition) is 4. The van der Waals surface area contributed by atoms with Gasteiger partial charge in [0, 0.05) is 31.6 Å². The fraction of sp³-hybridized carbons (Fsp3) is 0.714. The molecule has 188 valence electrons. The fourth-order valence-corrected chi connectivity index (χ4v) is 6.10. The lowest BCUT2D eigenvalue weighted by molar-refractivity contribution is 0.0519. The van der Waals surface area contributed by atoms with Crippen LogP contribution in [0, 0.1) is 11.8 Å². The maximum Gasteiger partial charge on any atom is 0.261 e. The number of hydrogen-bond donors (Lipinski definition) is 1. The van der Waals surface area contributed by atoms with E-state index in [1.165, 1.54) is 38.5 Å². The molecule has 2 fully saturated rings. The molecule has 3 atom stereocenters. The number of unbranched alkanes of at least 4 members (excludes halogenated alkanes) is 3. The molecule has 1 saturated carbocycles. The molecular formula is C28H42N2O4. The molecule has 1 saturated heterocycles. The molecule has 1 aliphatic heterocycles. The Morgan fingerprint density at radius 2 is 1.91 bits per heavy atom. The molecule has 1 N–H and O–H groups in total. The van der Waals surface area contributed by atoms with Crippen molar-refractivity contribution in [3.8, 4) is 0 Å². The van der Waals surface area contributed by atoms with Gasteiger partial charge in [0.05, 0.1) is 13.7 Å². The van der Waals surface area contributed by atoms with E-state index in [1.54, 1.807) is 7.11 Å². The molecule has 0 aromatic carbocycles. The van der Waals surface area contributed by atoms with Gasteiger partial charge in [0.1, 0.15) is 17.1 Å². The maximum absolute atomic E-state index is 13.4. The van der Waals surface area contributed by atoms with Gasteiger partial charge in [0.15, 0.2) is 0 Å². The summed E-state index contributed by atoms with van der Waals surface area (Å²) in [6.45, 7) is 6.54. The van der Waals surface area contributed by atoms with Crippen LogP contribution < -0.4 is 5.56 Å². The molecule has 0 spiro atoms. The molecule has 4 rings (SSSR count). The highest BCUT2D eigenvalue weighted by Gasteiger charge is 2.34. The maximum atomic E-state index is 13.4. The molecule has 1 aromatic rings. The normalized spacial score (nSPS) is 24.8. The number of ether oxygens (including phenoxy) is 2. The number of amides is 1. The van der Waals surface area contributed by atoms with Crippen molar-refractivity contribution < 1.29 is 14.3 Å². The van der Waals surface area contributed by atoms with Crippen LogP contribution in [-0.2, 0) is 15.9 Å². The Balaban J connectivity index is 1.51. The summed E-state index contributed by atoms with van der Waals surface area (Å²) >= 11 is 0. The molecule has 1 aromatic heterocycles. The number of H-pyrrole nitrogens is 1. The van der Waals surface area contributed by atoms with Crippen molar-refractivity contribution in [3.63, 3.8) is 0 Å². The average molecular weight is 471 g/mol. The summed E-state index contributed by atoms with van der Waals surface area (Å²) in [5.74, 6) is 3.00. The molecule has 6 nitrogen and oxygen atoms in total. The summed E-state index contributed by atoms with van der Waals surface area (Å²) in [6.07, 6.45) is 11.9. The first kappa shape index (κ1) is 24.9. The van der Waals surface area contributed by atoms with Gasteiger partial charge in [0.25, 0.3) is 11.5 Å². The summed E-state index contributed by atoms with van der Waals surface area (Å²) in [4.78, 5) is 31.5. The van der Waals surface area contributed by atoms with Gasteiger partial charge in [0.2, 0.25) is 0 Å². The summed E-state index contributed by atoms with van der Waals surface area (Å²) in [6, 6.07) is 1.85. The Morgan fingerprint density at radius 1 is 1.12 bits per heavy atom. The van der Waals surface area contributed by atoms with E-state index in [4.69, 9.17) is 9.47 Å². The average Bonchev–Trinajstić information content (AvgIpc) is 2.98. The highest BCUT2D eigenvalue weighted by Crippen LogP contribution is 2.37. The van der Waals surface area contributed by atoms with Crippen LogP contribution in [0.4, 0.5) is 0 Å². The number of allylic oxidation sites excluding steroid dienone is 2. The highest BCUT2D eigenvalue weighted by molar-refractivity contribution is 5.94. The zero-order chi connectivity index (χ0) is 24.1. The van der Waals surface area contributed by atoms with Crippen molar-refractivity contribution in [2.45, 2.75) is 90.4 Å². The van der Waals surface area contributed by atoms with Crippen LogP contribution in [0.25, 0.3) is 0 Å². The third-order valence-electron chi connectivity index (χ3n) is 8.16. The lowest BCUT2D eigenvalue weighted by atomic mass is 9.75. The van der Waals surface area contributed by atoms with E-state index < -0.39 is 0 Å². The second kappa shape index (κ2) is 11.5. The largest absolute Gasteiger partial charge is 0.498 e. The number of methoxy groups -OCH3 is 1. The van der Waals surface area contributed by atoms with Crippen LogP contribution in [0.1, 0.15) is 106 Å². The van der Waals surface area contributed by atoms with Crippen molar-refractivity contribution in [2.24, 2.45) is 11.8 Å². The Kier molecular flexibility index (Phi) is 8.38. The van der Waals surface area contributed by atoms with Crippen molar-refractivity contribution in [3.05, 3.63) is 44.8 Å². The molecule has 3 aliphatic rings. The minimum Gasteiger partial charge on any atom is -0.498 e. The minimum absolute atomic E-state index is 0.114. The number of rotatable bonds is 8. The van der Waals surface area contributed by atoms with E-state index in [9.17, 15) is 9.59 Å². The van der Waals surface area contributed by atoms with E-state index in [0.717, 1.165) is 61.0 Å². The summed E-state index contributed by atoms with van der Waals surface area (Å²) in [7, 11) is 1.69. The standard InChI is InChI=1S/C28H42N2O4/c1-4-5-6-9-14-34-26-17-24-22(19(2)15-25(26)33-3)16-23(27(31)29-24)28(32)30-13-12-20-10-7-8-11-21(20)18-30/h16,19-21H,4-15,17-18H2,1-3H3,(H,29,31)/t19?,20-,21-/m1/s1. The van der Waals surface area contributed by atoms with E-state index in [0.29, 0.717) is 25.4 Å². The Morgan fingerprint density at radius 3 is 2.68 bits per heavy atom. The van der Waals surface area contributed by atoms with E-state index >= 15 is 0 Å². The third kappa shape index (κ3) is 5.52. The Bertz CT molecular complexity index is 950. The first-order chi connectivity index (χ1) is 16.5. The molecule has 1 amide bonds. The van der Waals surface area contributed by atoms with Crippen molar-refractivity contribution in [1.29, 1.82) is 0 Å². The van der Waals surface area contributed by atoms with Crippen LogP contribution in [0.15, 0.2) is 22.4 Å². The third-order valence-corrected chi connectivity index (χ3v) is 8.16.